The molecule has 1 fully saturated rings. The van der Waals surface area contributed by atoms with Gasteiger partial charge in [-0.15, -0.1) is 0 Å². The highest BCUT2D eigenvalue weighted by molar-refractivity contribution is 5.80. The fourth-order valence-corrected chi connectivity index (χ4v) is 3.72. The molecule has 0 saturated carbocycles. The minimum Gasteiger partial charge on any atom is -0.494 e. The first-order valence-electron chi connectivity index (χ1n) is 9.79. The normalized spacial score (nSPS) is 18.3. The van der Waals surface area contributed by atoms with E-state index in [1.165, 1.54) is 13.2 Å². The average molecular weight is 399 g/mol. The Balaban J connectivity index is 1.56. The number of rotatable bonds is 9. The number of nitrogens with one attached hydrogen (secondary N) is 2. The average Bonchev–Trinajstić information content (AvgIpc) is 3.09. The largest absolute Gasteiger partial charge is 0.494 e. The minimum absolute atomic E-state index is 0.0165. The van der Waals surface area contributed by atoms with Crippen LogP contribution in [0.3, 0.4) is 0 Å². The van der Waals surface area contributed by atoms with Crippen molar-refractivity contribution in [1.82, 2.24) is 15.6 Å². The van der Waals surface area contributed by atoms with Crippen molar-refractivity contribution in [3.63, 3.8) is 0 Å². The molecule has 0 aliphatic carbocycles. The molecule has 154 valence electrons. The van der Waals surface area contributed by atoms with Crippen molar-refractivity contribution in [3.05, 3.63) is 59.7 Å². The van der Waals surface area contributed by atoms with E-state index in [9.17, 15) is 14.0 Å². The molecule has 3 rings (SSSR count). The lowest BCUT2D eigenvalue weighted by Crippen LogP contribution is -2.44. The predicted octanol–water partition coefficient (Wildman–Crippen LogP) is 2.56. The fourth-order valence-electron chi connectivity index (χ4n) is 3.72. The molecule has 1 aromatic heterocycles. The number of hydrogen-bond donors (Lipinski definition) is 2. The second-order valence-corrected chi connectivity index (χ2v) is 7.43. The Morgan fingerprint density at radius 1 is 1.28 bits per heavy atom. The number of carbonyl (C=O) groups is 2. The zero-order valence-corrected chi connectivity index (χ0v) is 16.5. The summed E-state index contributed by atoms with van der Waals surface area (Å²) in [5.41, 5.74) is 1.48. The third kappa shape index (κ3) is 5.76. The van der Waals surface area contributed by atoms with Gasteiger partial charge < -0.3 is 15.4 Å². The number of amides is 2. The highest BCUT2D eigenvalue weighted by atomic mass is 19.1. The van der Waals surface area contributed by atoms with Gasteiger partial charge in [0.25, 0.3) is 0 Å². The number of hydrogen-bond acceptors (Lipinski definition) is 4. The molecule has 7 heteroatoms. The molecule has 2 N–H and O–H groups in total. The number of nitrogens with zero attached hydrogens (tertiary/aromatic N) is 1. The van der Waals surface area contributed by atoms with Crippen molar-refractivity contribution in [2.75, 3.05) is 13.7 Å². The van der Waals surface area contributed by atoms with Gasteiger partial charge in [-0.2, -0.15) is 0 Å². The SMILES string of the molecule is COc1cc(CC2(CCC(=O)NCCc3ccncc3)CCC(=O)N2)ccc1F. The van der Waals surface area contributed by atoms with Crippen molar-refractivity contribution < 1.29 is 18.7 Å². The molecule has 1 aromatic carbocycles. The van der Waals surface area contributed by atoms with Crippen LogP contribution in [-0.4, -0.2) is 36.0 Å². The first kappa shape index (κ1) is 20.8. The van der Waals surface area contributed by atoms with E-state index in [1.807, 2.05) is 12.1 Å². The molecule has 0 spiro atoms. The summed E-state index contributed by atoms with van der Waals surface area (Å²) >= 11 is 0. The zero-order chi connectivity index (χ0) is 20.7. The number of halogens is 1. The summed E-state index contributed by atoms with van der Waals surface area (Å²) in [5.74, 6) is -0.307. The van der Waals surface area contributed by atoms with Gasteiger partial charge in [0.2, 0.25) is 11.8 Å². The van der Waals surface area contributed by atoms with Crippen LogP contribution in [0.25, 0.3) is 0 Å². The maximum atomic E-state index is 13.7. The maximum Gasteiger partial charge on any atom is 0.220 e. The van der Waals surface area contributed by atoms with Gasteiger partial charge in [0.1, 0.15) is 0 Å². The highest BCUT2D eigenvalue weighted by Crippen LogP contribution is 2.31. The Bertz CT molecular complexity index is 860. The minimum atomic E-state index is -0.498. The second-order valence-electron chi connectivity index (χ2n) is 7.43. The first-order valence-corrected chi connectivity index (χ1v) is 9.79. The van der Waals surface area contributed by atoms with E-state index >= 15 is 0 Å². The van der Waals surface area contributed by atoms with Crippen LogP contribution in [0.15, 0.2) is 42.7 Å². The van der Waals surface area contributed by atoms with Crippen LogP contribution in [0.2, 0.25) is 0 Å². The number of ether oxygens (including phenoxy) is 1. The van der Waals surface area contributed by atoms with E-state index in [0.717, 1.165) is 17.5 Å². The van der Waals surface area contributed by atoms with Crippen LogP contribution in [0.4, 0.5) is 4.39 Å². The molecule has 1 atom stereocenters. The zero-order valence-electron chi connectivity index (χ0n) is 16.5. The van der Waals surface area contributed by atoms with Gasteiger partial charge in [0.05, 0.1) is 7.11 Å². The lowest BCUT2D eigenvalue weighted by atomic mass is 9.85. The van der Waals surface area contributed by atoms with Crippen LogP contribution in [0.5, 0.6) is 5.75 Å². The summed E-state index contributed by atoms with van der Waals surface area (Å²) in [6.45, 7) is 0.553. The third-order valence-electron chi connectivity index (χ3n) is 5.31. The molecule has 2 amide bonds. The number of benzene rings is 1. The van der Waals surface area contributed by atoms with E-state index < -0.39 is 11.4 Å². The van der Waals surface area contributed by atoms with Gasteiger partial charge in [0.15, 0.2) is 11.6 Å². The molecular weight excluding hydrogens is 373 g/mol. The number of aromatic nitrogens is 1. The van der Waals surface area contributed by atoms with Crippen LogP contribution < -0.4 is 15.4 Å². The monoisotopic (exact) mass is 399 g/mol. The summed E-state index contributed by atoms with van der Waals surface area (Å²) in [4.78, 5) is 28.2. The Labute approximate surface area is 169 Å². The Kier molecular flexibility index (Phi) is 6.80. The van der Waals surface area contributed by atoms with E-state index in [2.05, 4.69) is 15.6 Å². The van der Waals surface area contributed by atoms with Crippen molar-refractivity contribution in [1.29, 1.82) is 0 Å². The smallest absolute Gasteiger partial charge is 0.220 e. The van der Waals surface area contributed by atoms with Crippen LogP contribution in [0, 0.1) is 5.82 Å². The summed E-state index contributed by atoms with van der Waals surface area (Å²) < 4.78 is 18.7. The van der Waals surface area contributed by atoms with Gasteiger partial charge in [-0.1, -0.05) is 6.07 Å². The molecule has 1 unspecified atom stereocenters. The topological polar surface area (TPSA) is 80.3 Å². The molecule has 2 heterocycles. The van der Waals surface area contributed by atoms with Gasteiger partial charge in [-0.3, -0.25) is 14.6 Å². The molecule has 1 aliphatic rings. The summed E-state index contributed by atoms with van der Waals surface area (Å²) in [5, 5.41) is 5.98. The van der Waals surface area contributed by atoms with Crippen molar-refractivity contribution >= 4 is 11.8 Å². The summed E-state index contributed by atoms with van der Waals surface area (Å²) in [6.07, 6.45) is 6.65. The van der Waals surface area contributed by atoms with Gasteiger partial charge in [-0.05, 0) is 61.1 Å². The van der Waals surface area contributed by atoms with Crippen LogP contribution in [-0.2, 0) is 22.4 Å². The van der Waals surface area contributed by atoms with E-state index in [4.69, 9.17) is 4.74 Å². The number of methoxy groups -OCH3 is 1. The molecule has 29 heavy (non-hydrogen) atoms. The van der Waals surface area contributed by atoms with Gasteiger partial charge in [-0.25, -0.2) is 4.39 Å². The van der Waals surface area contributed by atoms with Gasteiger partial charge in [0, 0.05) is 37.3 Å². The van der Waals surface area contributed by atoms with Crippen molar-refractivity contribution in [3.8, 4) is 5.75 Å². The first-order chi connectivity index (χ1) is 14.0. The van der Waals surface area contributed by atoms with Crippen molar-refractivity contribution in [2.45, 2.75) is 44.1 Å². The standard InChI is InChI=1S/C22H26FN3O3/c1-29-19-14-17(2-3-18(19)23)15-22(10-5-21(28)26-22)9-4-20(27)25-13-8-16-6-11-24-12-7-16/h2-3,6-7,11-12,14H,4-5,8-10,13,15H2,1H3,(H,25,27)(H,26,28). The molecule has 6 nitrogen and oxygen atoms in total. The molecule has 1 aliphatic heterocycles. The molecular formula is C22H26FN3O3. The Morgan fingerprint density at radius 2 is 2.07 bits per heavy atom. The van der Waals surface area contributed by atoms with Crippen LogP contribution >= 0.6 is 0 Å². The molecule has 0 radical (unpaired) electrons. The molecule has 1 saturated heterocycles. The number of carbonyl (C=O) groups excluding carboxylic acids is 2. The third-order valence-corrected chi connectivity index (χ3v) is 5.31. The molecule has 2 aromatic rings. The van der Waals surface area contributed by atoms with E-state index in [0.29, 0.717) is 38.6 Å². The lowest BCUT2D eigenvalue weighted by Gasteiger charge is -2.29. The number of pyridine rings is 1. The summed E-state index contributed by atoms with van der Waals surface area (Å²) in [7, 11) is 1.42. The van der Waals surface area contributed by atoms with Gasteiger partial charge >= 0.3 is 0 Å². The molecule has 0 bridgehead atoms. The second kappa shape index (κ2) is 9.49. The van der Waals surface area contributed by atoms with E-state index in [-0.39, 0.29) is 17.6 Å². The van der Waals surface area contributed by atoms with Crippen LogP contribution in [0.1, 0.15) is 36.8 Å². The maximum absolute atomic E-state index is 13.7. The fraction of sp³-hybridized carbons (Fsp3) is 0.409. The Hall–Kier alpha value is -2.96. The highest BCUT2D eigenvalue weighted by Gasteiger charge is 2.38. The summed E-state index contributed by atoms with van der Waals surface area (Å²) in [6, 6.07) is 8.55. The predicted molar refractivity (Wildman–Crippen MR) is 107 cm³/mol. The van der Waals surface area contributed by atoms with Crippen molar-refractivity contribution in [2.24, 2.45) is 0 Å². The quantitative estimate of drug-likeness (QED) is 0.679. The Morgan fingerprint density at radius 3 is 2.76 bits per heavy atom. The van der Waals surface area contributed by atoms with E-state index in [1.54, 1.807) is 24.5 Å². The lowest BCUT2D eigenvalue weighted by molar-refractivity contribution is -0.122.